The molecule has 146 valence electrons. The molecule has 7 heteroatoms. The van der Waals surface area contributed by atoms with E-state index >= 15 is 0 Å². The van der Waals surface area contributed by atoms with Crippen LogP contribution in [0.1, 0.15) is 21.5 Å². The van der Waals surface area contributed by atoms with Crippen molar-refractivity contribution >= 4 is 29.1 Å². The van der Waals surface area contributed by atoms with Crippen molar-refractivity contribution in [1.29, 1.82) is 0 Å². The van der Waals surface area contributed by atoms with E-state index in [1.54, 1.807) is 17.0 Å². The molecular weight excluding hydrogens is 356 g/mol. The predicted octanol–water partition coefficient (Wildman–Crippen LogP) is 1.69. The van der Waals surface area contributed by atoms with E-state index in [-0.39, 0.29) is 0 Å². The summed E-state index contributed by atoms with van der Waals surface area (Å²) in [5.74, 6) is -1.79. The fraction of sp³-hybridized carbons (Fsp3) is 0.286. The maximum atomic E-state index is 12.5. The monoisotopic (exact) mass is 380 g/mol. The Balaban J connectivity index is 1.57. The lowest BCUT2D eigenvalue weighted by atomic mass is 10.1. The Hall–Kier alpha value is -3.35. The molecule has 1 aliphatic heterocycles. The molecule has 0 aliphatic carbocycles. The van der Waals surface area contributed by atoms with Crippen molar-refractivity contribution in [2.45, 2.75) is 13.8 Å². The second-order valence-electron chi connectivity index (χ2n) is 6.89. The third kappa shape index (κ3) is 4.14. The first-order valence-electron chi connectivity index (χ1n) is 9.18. The lowest BCUT2D eigenvalue weighted by Crippen LogP contribution is -2.51. The van der Waals surface area contributed by atoms with Gasteiger partial charge < -0.3 is 20.9 Å². The van der Waals surface area contributed by atoms with Crippen molar-refractivity contribution in [3.63, 3.8) is 0 Å². The topological polar surface area (TPSA) is 95.7 Å². The number of amides is 3. The molecule has 3 N–H and O–H groups in total. The standard InChI is InChI=1S/C21H24N4O3/c1-14-4-3-5-18(15(14)2)24-10-12-25(13-11-24)21(28)20(27)23-17-8-6-16(7-9-17)19(22)26/h3-9H,10-13H2,1-2H3,(H2,22,26)(H,23,27). The van der Waals surface area contributed by atoms with E-state index in [0.717, 1.165) is 0 Å². The first-order valence-corrected chi connectivity index (χ1v) is 9.18. The molecule has 1 heterocycles. The smallest absolute Gasteiger partial charge is 0.313 e. The summed E-state index contributed by atoms with van der Waals surface area (Å²) in [5.41, 5.74) is 9.61. The zero-order valence-corrected chi connectivity index (χ0v) is 16.1. The number of piperazine rings is 1. The van der Waals surface area contributed by atoms with Crippen LogP contribution in [0.2, 0.25) is 0 Å². The normalized spacial score (nSPS) is 13.9. The lowest BCUT2D eigenvalue weighted by molar-refractivity contribution is -0.143. The number of nitrogens with one attached hydrogen (secondary N) is 1. The summed E-state index contributed by atoms with van der Waals surface area (Å²) < 4.78 is 0. The highest BCUT2D eigenvalue weighted by Crippen LogP contribution is 2.24. The molecule has 1 saturated heterocycles. The van der Waals surface area contributed by atoms with Crippen LogP contribution in [0.15, 0.2) is 42.5 Å². The largest absolute Gasteiger partial charge is 0.368 e. The van der Waals surface area contributed by atoms with Crippen LogP contribution in [0.3, 0.4) is 0 Å². The van der Waals surface area contributed by atoms with Gasteiger partial charge in [0.25, 0.3) is 0 Å². The van der Waals surface area contributed by atoms with Gasteiger partial charge in [-0.3, -0.25) is 14.4 Å². The van der Waals surface area contributed by atoms with E-state index in [0.29, 0.717) is 37.4 Å². The minimum absolute atomic E-state index is 0.340. The van der Waals surface area contributed by atoms with Crippen LogP contribution in [0, 0.1) is 13.8 Å². The molecule has 0 aromatic heterocycles. The number of primary amides is 1. The number of hydrogen-bond acceptors (Lipinski definition) is 4. The van der Waals surface area contributed by atoms with Gasteiger partial charge in [-0.1, -0.05) is 12.1 Å². The first kappa shape index (κ1) is 19.4. The molecule has 7 nitrogen and oxygen atoms in total. The number of benzene rings is 2. The van der Waals surface area contributed by atoms with E-state index < -0.39 is 17.7 Å². The maximum Gasteiger partial charge on any atom is 0.313 e. The molecule has 2 aromatic rings. The van der Waals surface area contributed by atoms with Crippen LogP contribution in [0.5, 0.6) is 0 Å². The van der Waals surface area contributed by atoms with Gasteiger partial charge in [-0.05, 0) is 55.3 Å². The molecule has 0 atom stereocenters. The fourth-order valence-electron chi connectivity index (χ4n) is 3.27. The summed E-state index contributed by atoms with van der Waals surface area (Å²) in [7, 11) is 0. The number of aryl methyl sites for hydroxylation is 1. The van der Waals surface area contributed by atoms with E-state index in [9.17, 15) is 14.4 Å². The number of nitrogens with two attached hydrogens (primary N) is 1. The van der Waals surface area contributed by atoms with Gasteiger partial charge in [0.1, 0.15) is 0 Å². The number of rotatable bonds is 3. The summed E-state index contributed by atoms with van der Waals surface area (Å²) in [6, 6.07) is 12.3. The molecule has 3 rings (SSSR count). The molecule has 0 bridgehead atoms. The van der Waals surface area contributed by atoms with Gasteiger partial charge in [-0.25, -0.2) is 0 Å². The zero-order chi connectivity index (χ0) is 20.3. The molecule has 0 saturated carbocycles. The van der Waals surface area contributed by atoms with Crippen LogP contribution in [0.25, 0.3) is 0 Å². The maximum absolute atomic E-state index is 12.5. The predicted molar refractivity (Wildman–Crippen MR) is 108 cm³/mol. The van der Waals surface area contributed by atoms with E-state index in [4.69, 9.17) is 5.73 Å². The summed E-state index contributed by atoms with van der Waals surface area (Å²) >= 11 is 0. The molecule has 28 heavy (non-hydrogen) atoms. The van der Waals surface area contributed by atoms with E-state index in [2.05, 4.69) is 36.2 Å². The van der Waals surface area contributed by atoms with Gasteiger partial charge in [-0.2, -0.15) is 0 Å². The van der Waals surface area contributed by atoms with Gasteiger partial charge in [0, 0.05) is 43.1 Å². The van der Waals surface area contributed by atoms with Crippen molar-refractivity contribution in [3.05, 3.63) is 59.2 Å². The molecular formula is C21H24N4O3. The number of carbonyl (C=O) groups excluding carboxylic acids is 3. The minimum Gasteiger partial charge on any atom is -0.368 e. The van der Waals surface area contributed by atoms with Gasteiger partial charge in [0.15, 0.2) is 0 Å². The van der Waals surface area contributed by atoms with Crippen molar-refractivity contribution in [2.75, 3.05) is 36.4 Å². The average Bonchev–Trinajstić information content (AvgIpc) is 2.70. The summed E-state index contributed by atoms with van der Waals surface area (Å²) in [5, 5.41) is 2.57. The van der Waals surface area contributed by atoms with Crippen LogP contribution < -0.4 is 16.0 Å². The van der Waals surface area contributed by atoms with Gasteiger partial charge in [0.05, 0.1) is 0 Å². The SMILES string of the molecule is Cc1cccc(N2CCN(C(=O)C(=O)Nc3ccc(C(N)=O)cc3)CC2)c1C. The number of hydrogen-bond donors (Lipinski definition) is 2. The van der Waals surface area contributed by atoms with Crippen LogP contribution in [-0.4, -0.2) is 48.8 Å². The summed E-state index contributed by atoms with van der Waals surface area (Å²) in [6.07, 6.45) is 0. The quantitative estimate of drug-likeness (QED) is 0.792. The van der Waals surface area contributed by atoms with Crippen LogP contribution in [0.4, 0.5) is 11.4 Å². The molecule has 0 unspecified atom stereocenters. The fourth-order valence-corrected chi connectivity index (χ4v) is 3.27. The van der Waals surface area contributed by atoms with Gasteiger partial charge >= 0.3 is 11.8 Å². The number of anilines is 2. The second-order valence-corrected chi connectivity index (χ2v) is 6.89. The Labute approximate surface area is 164 Å². The van der Waals surface area contributed by atoms with Crippen molar-refractivity contribution in [3.8, 4) is 0 Å². The Morgan fingerprint density at radius 2 is 1.57 bits per heavy atom. The molecule has 1 fully saturated rings. The Kier molecular flexibility index (Phi) is 5.63. The van der Waals surface area contributed by atoms with E-state index in [1.807, 2.05) is 6.07 Å². The lowest BCUT2D eigenvalue weighted by Gasteiger charge is -2.36. The number of nitrogens with zero attached hydrogens (tertiary/aromatic N) is 2. The Morgan fingerprint density at radius 3 is 2.18 bits per heavy atom. The Bertz CT molecular complexity index is 900. The highest BCUT2D eigenvalue weighted by Gasteiger charge is 2.26. The third-order valence-corrected chi connectivity index (χ3v) is 5.11. The molecule has 0 radical (unpaired) electrons. The number of carbonyl (C=O) groups is 3. The van der Waals surface area contributed by atoms with Crippen molar-refractivity contribution < 1.29 is 14.4 Å². The molecule has 1 aliphatic rings. The molecule has 3 amide bonds. The van der Waals surface area contributed by atoms with E-state index in [1.165, 1.54) is 28.9 Å². The Morgan fingerprint density at radius 1 is 0.929 bits per heavy atom. The summed E-state index contributed by atoms with van der Waals surface area (Å²) in [6.45, 7) is 6.51. The van der Waals surface area contributed by atoms with Crippen molar-refractivity contribution in [1.82, 2.24) is 4.90 Å². The van der Waals surface area contributed by atoms with Gasteiger partial charge in [0.2, 0.25) is 5.91 Å². The average molecular weight is 380 g/mol. The van der Waals surface area contributed by atoms with Crippen LogP contribution in [-0.2, 0) is 9.59 Å². The highest BCUT2D eigenvalue weighted by atomic mass is 16.2. The first-order chi connectivity index (χ1) is 13.4. The molecule has 0 spiro atoms. The zero-order valence-electron chi connectivity index (χ0n) is 16.1. The third-order valence-electron chi connectivity index (χ3n) is 5.11. The van der Waals surface area contributed by atoms with Crippen LogP contribution >= 0.6 is 0 Å². The minimum atomic E-state index is -0.688. The summed E-state index contributed by atoms with van der Waals surface area (Å²) in [4.78, 5) is 39.6. The second kappa shape index (κ2) is 8.12. The highest BCUT2D eigenvalue weighted by molar-refractivity contribution is 6.39. The van der Waals surface area contributed by atoms with Gasteiger partial charge in [-0.15, -0.1) is 0 Å². The molecule has 2 aromatic carbocycles. The van der Waals surface area contributed by atoms with Crippen molar-refractivity contribution in [2.24, 2.45) is 5.73 Å².